The van der Waals surface area contributed by atoms with Crippen LogP contribution in [-0.2, 0) is 28.6 Å². The third-order valence-corrected chi connectivity index (χ3v) is 8.51. The highest BCUT2D eigenvalue weighted by atomic mass is 16.6. The van der Waals surface area contributed by atoms with Crippen LogP contribution in [0.4, 0.5) is 0 Å². The quantitative estimate of drug-likeness (QED) is 0.0278. The Hall–Kier alpha value is -2.89. The summed E-state index contributed by atoms with van der Waals surface area (Å²) in [5.41, 5.74) is 0. The van der Waals surface area contributed by atoms with E-state index in [1.807, 2.05) is 0 Å². The van der Waals surface area contributed by atoms with Gasteiger partial charge in [-0.1, -0.05) is 152 Å². The zero-order valence-corrected chi connectivity index (χ0v) is 33.1. The van der Waals surface area contributed by atoms with Crippen molar-refractivity contribution in [3.05, 3.63) is 60.8 Å². The number of unbranched alkanes of at least 4 members (excludes halogenated alkanes) is 15. The third kappa shape index (κ3) is 38.2. The molecule has 0 aromatic heterocycles. The molecule has 0 fully saturated rings. The molecule has 1 atom stereocenters. The van der Waals surface area contributed by atoms with Crippen LogP contribution in [0.2, 0.25) is 0 Å². The number of hydrogen-bond donors (Lipinski definition) is 0. The Bertz CT molecular complexity index is 960. The van der Waals surface area contributed by atoms with Gasteiger partial charge in [-0.05, 0) is 77.0 Å². The third-order valence-electron chi connectivity index (χ3n) is 8.51. The SMILES string of the molecule is CC/C=C\C/C=C\C/C=C\C/C=C\CCCCCCC(=O)OCC(COC(=O)CCCCCCC)OC(=O)CCCCCCC/C=C\CCCC. The molecule has 0 saturated heterocycles. The van der Waals surface area contributed by atoms with Gasteiger partial charge in [0.05, 0.1) is 0 Å². The van der Waals surface area contributed by atoms with Gasteiger partial charge in [0.2, 0.25) is 0 Å². The summed E-state index contributed by atoms with van der Waals surface area (Å²) in [6.07, 6.45) is 46.6. The van der Waals surface area contributed by atoms with Crippen molar-refractivity contribution in [2.45, 2.75) is 194 Å². The normalized spacial score (nSPS) is 12.6. The second-order valence-electron chi connectivity index (χ2n) is 13.5. The lowest BCUT2D eigenvalue weighted by molar-refractivity contribution is -0.167. The van der Waals surface area contributed by atoms with E-state index >= 15 is 0 Å². The zero-order valence-electron chi connectivity index (χ0n) is 33.1. The Balaban J connectivity index is 4.31. The largest absolute Gasteiger partial charge is 0.462 e. The van der Waals surface area contributed by atoms with E-state index in [0.717, 1.165) is 116 Å². The number of carbonyl (C=O) groups is 3. The average molecular weight is 713 g/mol. The van der Waals surface area contributed by atoms with Gasteiger partial charge in [-0.15, -0.1) is 0 Å². The predicted octanol–water partition coefficient (Wildman–Crippen LogP) is 13.0. The van der Waals surface area contributed by atoms with Crippen molar-refractivity contribution < 1.29 is 28.6 Å². The minimum Gasteiger partial charge on any atom is -0.462 e. The monoisotopic (exact) mass is 713 g/mol. The maximum absolute atomic E-state index is 12.6. The fraction of sp³-hybridized carbons (Fsp3) is 0.711. The molecule has 0 aliphatic rings. The second-order valence-corrected chi connectivity index (χ2v) is 13.5. The van der Waals surface area contributed by atoms with Crippen LogP contribution in [0.25, 0.3) is 0 Å². The Morgan fingerprint density at radius 2 is 0.784 bits per heavy atom. The van der Waals surface area contributed by atoms with Crippen molar-refractivity contribution in [1.29, 1.82) is 0 Å². The van der Waals surface area contributed by atoms with E-state index in [0.29, 0.717) is 19.3 Å². The lowest BCUT2D eigenvalue weighted by atomic mass is 10.1. The molecule has 0 aliphatic heterocycles. The summed E-state index contributed by atoms with van der Waals surface area (Å²) in [5.74, 6) is -0.944. The second kappa shape index (κ2) is 39.9. The van der Waals surface area contributed by atoms with E-state index < -0.39 is 6.10 Å². The highest BCUT2D eigenvalue weighted by Crippen LogP contribution is 2.12. The first-order chi connectivity index (χ1) is 25.0. The van der Waals surface area contributed by atoms with E-state index in [4.69, 9.17) is 14.2 Å². The van der Waals surface area contributed by atoms with Crippen LogP contribution in [-0.4, -0.2) is 37.2 Å². The van der Waals surface area contributed by atoms with E-state index in [-0.39, 0.29) is 31.1 Å². The molecule has 292 valence electrons. The van der Waals surface area contributed by atoms with E-state index in [2.05, 4.69) is 81.5 Å². The van der Waals surface area contributed by atoms with Crippen LogP contribution in [0.3, 0.4) is 0 Å². The molecule has 6 heteroatoms. The first-order valence-electron chi connectivity index (χ1n) is 20.8. The molecule has 0 aliphatic carbocycles. The van der Waals surface area contributed by atoms with Crippen molar-refractivity contribution in [3.63, 3.8) is 0 Å². The minimum absolute atomic E-state index is 0.0874. The molecule has 1 unspecified atom stereocenters. The molecular formula is C45H76O6. The first kappa shape index (κ1) is 48.1. The van der Waals surface area contributed by atoms with Gasteiger partial charge in [-0.2, -0.15) is 0 Å². The molecule has 6 nitrogen and oxygen atoms in total. The average Bonchev–Trinajstić information content (AvgIpc) is 3.12. The molecule has 0 aromatic rings. The molecule has 0 bridgehead atoms. The van der Waals surface area contributed by atoms with Gasteiger partial charge in [-0.25, -0.2) is 0 Å². The summed E-state index contributed by atoms with van der Waals surface area (Å²) < 4.78 is 16.5. The standard InChI is InChI=1S/C45H76O6/c1-4-7-10-13-15-17-19-20-21-22-23-24-26-27-29-32-35-38-44(47)50-41-42(40-49-43(46)37-34-31-12-9-6-3)51-45(48)39-36-33-30-28-25-18-16-14-11-8-5-2/h7,10,14-17,20-21,23-24,42H,4-6,8-9,11-13,18-19,22,25-41H2,1-3H3/b10-7-,16-14-,17-15-,21-20-,24-23-. The Labute approximate surface area is 313 Å². The lowest BCUT2D eigenvalue weighted by Gasteiger charge is -2.18. The highest BCUT2D eigenvalue weighted by molar-refractivity contribution is 5.71. The summed E-state index contributed by atoms with van der Waals surface area (Å²) >= 11 is 0. The van der Waals surface area contributed by atoms with Gasteiger partial charge in [0.15, 0.2) is 6.10 Å². The van der Waals surface area contributed by atoms with Crippen LogP contribution in [0.1, 0.15) is 188 Å². The van der Waals surface area contributed by atoms with E-state index in [1.165, 1.54) is 32.1 Å². The van der Waals surface area contributed by atoms with Crippen molar-refractivity contribution in [2.75, 3.05) is 13.2 Å². The Morgan fingerprint density at radius 3 is 1.27 bits per heavy atom. The van der Waals surface area contributed by atoms with Gasteiger partial charge in [0, 0.05) is 19.3 Å². The zero-order chi connectivity index (χ0) is 37.3. The fourth-order valence-corrected chi connectivity index (χ4v) is 5.35. The predicted molar refractivity (Wildman–Crippen MR) is 215 cm³/mol. The number of carbonyl (C=O) groups excluding carboxylic acids is 3. The van der Waals surface area contributed by atoms with Gasteiger partial charge < -0.3 is 14.2 Å². The van der Waals surface area contributed by atoms with E-state index in [9.17, 15) is 14.4 Å². The maximum atomic E-state index is 12.6. The van der Waals surface area contributed by atoms with Crippen LogP contribution < -0.4 is 0 Å². The topological polar surface area (TPSA) is 78.9 Å². The lowest BCUT2D eigenvalue weighted by Crippen LogP contribution is -2.30. The first-order valence-corrected chi connectivity index (χ1v) is 20.8. The smallest absolute Gasteiger partial charge is 0.306 e. The van der Waals surface area contributed by atoms with Gasteiger partial charge >= 0.3 is 17.9 Å². The summed E-state index contributed by atoms with van der Waals surface area (Å²) in [6.45, 7) is 6.34. The van der Waals surface area contributed by atoms with E-state index in [1.54, 1.807) is 0 Å². The maximum Gasteiger partial charge on any atom is 0.306 e. The van der Waals surface area contributed by atoms with Gasteiger partial charge in [-0.3, -0.25) is 14.4 Å². The molecule has 0 aromatic carbocycles. The number of hydrogen-bond acceptors (Lipinski definition) is 6. The Morgan fingerprint density at radius 1 is 0.412 bits per heavy atom. The molecular weight excluding hydrogens is 636 g/mol. The summed E-state index contributed by atoms with van der Waals surface area (Å²) in [4.78, 5) is 37.3. The van der Waals surface area contributed by atoms with Crippen molar-refractivity contribution in [1.82, 2.24) is 0 Å². The number of ether oxygens (including phenoxy) is 3. The molecule has 0 saturated carbocycles. The molecule has 0 radical (unpaired) electrons. The summed E-state index contributed by atoms with van der Waals surface area (Å²) in [5, 5.41) is 0. The van der Waals surface area contributed by atoms with Crippen molar-refractivity contribution >= 4 is 17.9 Å². The minimum atomic E-state index is -0.781. The van der Waals surface area contributed by atoms with Crippen LogP contribution in [0.5, 0.6) is 0 Å². The number of esters is 3. The van der Waals surface area contributed by atoms with Crippen LogP contribution in [0.15, 0.2) is 60.8 Å². The highest BCUT2D eigenvalue weighted by Gasteiger charge is 2.19. The van der Waals surface area contributed by atoms with Crippen LogP contribution in [0, 0.1) is 0 Å². The molecule has 0 heterocycles. The summed E-state index contributed by atoms with van der Waals surface area (Å²) in [7, 11) is 0. The van der Waals surface area contributed by atoms with Gasteiger partial charge in [0.1, 0.15) is 13.2 Å². The molecule has 0 rings (SSSR count). The van der Waals surface area contributed by atoms with Crippen molar-refractivity contribution in [2.24, 2.45) is 0 Å². The Kier molecular flexibility index (Phi) is 37.6. The molecule has 51 heavy (non-hydrogen) atoms. The molecule has 0 amide bonds. The van der Waals surface area contributed by atoms with Gasteiger partial charge in [0.25, 0.3) is 0 Å². The summed E-state index contributed by atoms with van der Waals surface area (Å²) in [6, 6.07) is 0. The molecule has 0 N–H and O–H groups in total. The fourth-order valence-electron chi connectivity index (χ4n) is 5.35. The number of rotatable bonds is 36. The number of allylic oxidation sites excluding steroid dienone is 10. The van der Waals surface area contributed by atoms with Crippen molar-refractivity contribution in [3.8, 4) is 0 Å². The molecule has 0 spiro atoms. The van der Waals surface area contributed by atoms with Crippen LogP contribution >= 0.6 is 0 Å².